The molecule has 0 unspecified atom stereocenters. The SMILES string of the molecule is CCC1(CC)CCN(c2ccc(C(=O)O)c(N)c2)CC1. The Balaban J connectivity index is 2.11. The van der Waals surface area contributed by atoms with Gasteiger partial charge in [0.1, 0.15) is 0 Å². The first-order valence-corrected chi connectivity index (χ1v) is 7.39. The number of piperidine rings is 1. The summed E-state index contributed by atoms with van der Waals surface area (Å²) in [5.74, 6) is -0.969. The number of nitrogens with two attached hydrogens (primary N) is 1. The maximum absolute atomic E-state index is 11.0. The number of nitrogens with zero attached hydrogens (tertiary/aromatic N) is 1. The van der Waals surface area contributed by atoms with Crippen LogP contribution in [0.15, 0.2) is 18.2 Å². The zero-order valence-corrected chi connectivity index (χ0v) is 12.4. The van der Waals surface area contributed by atoms with E-state index in [0.717, 1.165) is 18.8 Å². The lowest BCUT2D eigenvalue weighted by atomic mass is 9.74. The molecule has 1 aromatic rings. The van der Waals surface area contributed by atoms with E-state index in [9.17, 15) is 4.79 Å². The van der Waals surface area contributed by atoms with Crippen molar-refractivity contribution in [2.45, 2.75) is 39.5 Å². The minimum absolute atomic E-state index is 0.183. The van der Waals surface area contributed by atoms with Crippen molar-refractivity contribution < 1.29 is 9.90 Å². The van der Waals surface area contributed by atoms with Gasteiger partial charge in [0.2, 0.25) is 0 Å². The van der Waals surface area contributed by atoms with Crippen LogP contribution < -0.4 is 10.6 Å². The summed E-state index contributed by atoms with van der Waals surface area (Å²) in [7, 11) is 0. The normalized spacial score (nSPS) is 18.0. The van der Waals surface area contributed by atoms with Crippen molar-refractivity contribution in [2.24, 2.45) is 5.41 Å². The number of nitrogen functional groups attached to an aromatic ring is 1. The van der Waals surface area contributed by atoms with Gasteiger partial charge in [0, 0.05) is 24.5 Å². The molecule has 1 aromatic carbocycles. The fraction of sp³-hybridized carbons (Fsp3) is 0.562. The molecule has 4 heteroatoms. The fourth-order valence-electron chi connectivity index (χ4n) is 3.14. The first-order chi connectivity index (χ1) is 9.51. The molecule has 1 saturated heterocycles. The van der Waals surface area contributed by atoms with E-state index in [1.807, 2.05) is 6.07 Å². The molecule has 0 aromatic heterocycles. The number of anilines is 2. The van der Waals surface area contributed by atoms with Gasteiger partial charge in [0.15, 0.2) is 0 Å². The lowest BCUT2D eigenvalue weighted by Gasteiger charge is -2.42. The van der Waals surface area contributed by atoms with Crippen molar-refractivity contribution in [3.63, 3.8) is 0 Å². The first-order valence-electron chi connectivity index (χ1n) is 7.39. The minimum Gasteiger partial charge on any atom is -0.478 e. The van der Waals surface area contributed by atoms with Crippen molar-refractivity contribution in [1.29, 1.82) is 0 Å². The van der Waals surface area contributed by atoms with Crippen LogP contribution in [-0.2, 0) is 0 Å². The van der Waals surface area contributed by atoms with Gasteiger partial charge in [-0.3, -0.25) is 0 Å². The van der Waals surface area contributed by atoms with Gasteiger partial charge >= 0.3 is 5.97 Å². The zero-order chi connectivity index (χ0) is 14.8. The molecule has 1 aliphatic rings. The van der Waals surface area contributed by atoms with Crippen LogP contribution in [0.4, 0.5) is 11.4 Å². The third kappa shape index (κ3) is 2.74. The predicted molar refractivity (Wildman–Crippen MR) is 82.3 cm³/mol. The average molecular weight is 276 g/mol. The highest BCUT2D eigenvalue weighted by Gasteiger charge is 2.31. The smallest absolute Gasteiger partial charge is 0.337 e. The third-order valence-electron chi connectivity index (χ3n) is 4.95. The summed E-state index contributed by atoms with van der Waals surface area (Å²) in [6, 6.07) is 5.26. The van der Waals surface area contributed by atoms with E-state index >= 15 is 0 Å². The van der Waals surface area contributed by atoms with Gasteiger partial charge in [0.25, 0.3) is 0 Å². The molecule has 20 heavy (non-hydrogen) atoms. The Morgan fingerprint density at radius 2 is 1.90 bits per heavy atom. The Bertz CT molecular complexity index is 485. The van der Waals surface area contributed by atoms with Gasteiger partial charge < -0.3 is 15.7 Å². The Morgan fingerprint density at radius 3 is 2.35 bits per heavy atom. The van der Waals surface area contributed by atoms with Gasteiger partial charge in [-0.2, -0.15) is 0 Å². The van der Waals surface area contributed by atoms with Gasteiger partial charge in [-0.15, -0.1) is 0 Å². The summed E-state index contributed by atoms with van der Waals surface area (Å²) >= 11 is 0. The topological polar surface area (TPSA) is 66.6 Å². The van der Waals surface area contributed by atoms with Crippen LogP contribution in [0.3, 0.4) is 0 Å². The van der Waals surface area contributed by atoms with Crippen molar-refractivity contribution in [3.8, 4) is 0 Å². The van der Waals surface area contributed by atoms with Crippen LogP contribution in [-0.4, -0.2) is 24.2 Å². The summed E-state index contributed by atoms with van der Waals surface area (Å²) < 4.78 is 0. The maximum Gasteiger partial charge on any atom is 0.337 e. The minimum atomic E-state index is -0.969. The van der Waals surface area contributed by atoms with Crippen molar-refractivity contribution >= 4 is 17.3 Å². The average Bonchev–Trinajstić information content (AvgIpc) is 2.47. The number of carboxylic acid groups (broad SMARTS) is 1. The molecule has 0 amide bonds. The Kier molecular flexibility index (Phi) is 4.21. The number of benzene rings is 1. The molecule has 0 radical (unpaired) electrons. The molecule has 2 rings (SSSR count). The van der Waals surface area contributed by atoms with Crippen molar-refractivity contribution in [2.75, 3.05) is 23.7 Å². The molecule has 4 nitrogen and oxygen atoms in total. The largest absolute Gasteiger partial charge is 0.478 e. The quantitative estimate of drug-likeness (QED) is 0.827. The fourth-order valence-corrected chi connectivity index (χ4v) is 3.14. The molecule has 3 N–H and O–H groups in total. The number of hydrogen-bond donors (Lipinski definition) is 2. The maximum atomic E-state index is 11.0. The van der Waals surface area contributed by atoms with Crippen LogP contribution in [0.25, 0.3) is 0 Å². The van der Waals surface area contributed by atoms with Gasteiger partial charge in [-0.1, -0.05) is 26.7 Å². The summed E-state index contributed by atoms with van der Waals surface area (Å²) in [5, 5.41) is 9.01. The number of carbonyl (C=O) groups is 1. The second kappa shape index (κ2) is 5.73. The number of hydrogen-bond acceptors (Lipinski definition) is 3. The molecule has 0 atom stereocenters. The molecule has 0 bridgehead atoms. The zero-order valence-electron chi connectivity index (χ0n) is 12.4. The molecule has 0 spiro atoms. The Morgan fingerprint density at radius 1 is 1.30 bits per heavy atom. The van der Waals surface area contributed by atoms with Crippen LogP contribution in [0.5, 0.6) is 0 Å². The molecule has 1 aliphatic heterocycles. The molecule has 110 valence electrons. The summed E-state index contributed by atoms with van der Waals surface area (Å²) in [6.45, 7) is 6.60. The van der Waals surface area contributed by atoms with E-state index in [2.05, 4.69) is 18.7 Å². The Hall–Kier alpha value is -1.71. The van der Waals surface area contributed by atoms with Gasteiger partial charge in [0.05, 0.1) is 5.56 Å². The van der Waals surface area contributed by atoms with E-state index in [1.54, 1.807) is 12.1 Å². The van der Waals surface area contributed by atoms with Gasteiger partial charge in [-0.05, 0) is 36.5 Å². The summed E-state index contributed by atoms with van der Waals surface area (Å²) in [6.07, 6.45) is 4.86. The van der Waals surface area contributed by atoms with E-state index in [1.165, 1.54) is 25.7 Å². The van der Waals surface area contributed by atoms with E-state index < -0.39 is 5.97 Å². The van der Waals surface area contributed by atoms with E-state index in [0.29, 0.717) is 11.1 Å². The molecular formula is C16H24N2O2. The highest BCUT2D eigenvalue weighted by atomic mass is 16.4. The van der Waals surface area contributed by atoms with E-state index in [-0.39, 0.29) is 5.56 Å². The lowest BCUT2D eigenvalue weighted by Crippen LogP contribution is -2.39. The van der Waals surface area contributed by atoms with Gasteiger partial charge in [-0.25, -0.2) is 4.79 Å². The number of aromatic carboxylic acids is 1. The van der Waals surface area contributed by atoms with Crippen LogP contribution in [0, 0.1) is 5.41 Å². The van der Waals surface area contributed by atoms with Crippen molar-refractivity contribution in [1.82, 2.24) is 0 Å². The van der Waals surface area contributed by atoms with Crippen LogP contribution in [0.2, 0.25) is 0 Å². The molecule has 1 heterocycles. The number of rotatable bonds is 4. The van der Waals surface area contributed by atoms with Crippen LogP contribution >= 0.6 is 0 Å². The second-order valence-corrected chi connectivity index (χ2v) is 5.77. The van der Waals surface area contributed by atoms with E-state index in [4.69, 9.17) is 10.8 Å². The molecule has 0 aliphatic carbocycles. The lowest BCUT2D eigenvalue weighted by molar-refractivity contribution is 0.0698. The summed E-state index contributed by atoms with van der Waals surface area (Å²) in [4.78, 5) is 13.3. The monoisotopic (exact) mass is 276 g/mol. The number of carboxylic acids is 1. The van der Waals surface area contributed by atoms with Crippen LogP contribution in [0.1, 0.15) is 49.9 Å². The molecular weight excluding hydrogens is 252 g/mol. The summed E-state index contributed by atoms with van der Waals surface area (Å²) in [5.41, 5.74) is 7.88. The first kappa shape index (κ1) is 14.7. The highest BCUT2D eigenvalue weighted by Crippen LogP contribution is 2.39. The standard InChI is InChI=1S/C16H24N2O2/c1-3-16(4-2)7-9-18(10-8-16)12-5-6-13(15(19)20)14(17)11-12/h5-6,11H,3-4,7-10,17H2,1-2H3,(H,19,20). The second-order valence-electron chi connectivity index (χ2n) is 5.77. The van der Waals surface area contributed by atoms with Crippen molar-refractivity contribution in [3.05, 3.63) is 23.8 Å². The highest BCUT2D eigenvalue weighted by molar-refractivity contribution is 5.94. The molecule has 1 fully saturated rings. The molecule has 0 saturated carbocycles. The Labute approximate surface area is 120 Å². The third-order valence-corrected chi connectivity index (χ3v) is 4.95. The predicted octanol–water partition coefficient (Wildman–Crippen LogP) is 3.37.